The highest BCUT2D eigenvalue weighted by atomic mass is 19.3. The Morgan fingerprint density at radius 2 is 1.79 bits per heavy atom. The van der Waals surface area contributed by atoms with Gasteiger partial charge in [0.1, 0.15) is 11.5 Å². The molecule has 0 radical (unpaired) electrons. The second-order valence-electron chi connectivity index (χ2n) is 5.91. The first-order chi connectivity index (χ1) is 11.4. The molecule has 0 spiro atoms. The zero-order valence-electron chi connectivity index (χ0n) is 12.8. The number of rotatable bonds is 2. The van der Waals surface area contributed by atoms with Crippen molar-refractivity contribution in [3.8, 4) is 17.2 Å². The average Bonchev–Trinajstić information content (AvgIpc) is 2.85. The Labute approximate surface area is 136 Å². The van der Waals surface area contributed by atoms with Gasteiger partial charge in [0.2, 0.25) is 0 Å². The minimum atomic E-state index is -3.66. The average molecular weight is 332 g/mol. The number of ketones is 1. The summed E-state index contributed by atoms with van der Waals surface area (Å²) in [4.78, 5) is 12.1. The molecule has 124 valence electrons. The number of carbonyl (C=O) groups excluding carboxylic acids is 1. The molecule has 2 aromatic carbocycles. The van der Waals surface area contributed by atoms with Crippen molar-refractivity contribution in [2.24, 2.45) is 0 Å². The summed E-state index contributed by atoms with van der Waals surface area (Å²) in [5.41, 5.74) is 2.45. The second-order valence-corrected chi connectivity index (χ2v) is 5.91. The van der Waals surface area contributed by atoms with Crippen LogP contribution < -0.4 is 14.2 Å². The minimum Gasteiger partial charge on any atom is -0.497 e. The van der Waals surface area contributed by atoms with Crippen LogP contribution in [0.15, 0.2) is 36.4 Å². The van der Waals surface area contributed by atoms with Gasteiger partial charge in [-0.15, -0.1) is 8.78 Å². The third-order valence-electron chi connectivity index (χ3n) is 4.38. The topological polar surface area (TPSA) is 44.8 Å². The number of halogens is 2. The number of carbonyl (C=O) groups is 1. The normalized spacial score (nSPS) is 20.6. The van der Waals surface area contributed by atoms with Crippen LogP contribution in [0.1, 0.15) is 29.0 Å². The first kappa shape index (κ1) is 14.9. The van der Waals surface area contributed by atoms with Gasteiger partial charge in [-0.05, 0) is 41.0 Å². The van der Waals surface area contributed by atoms with E-state index in [-0.39, 0.29) is 29.6 Å². The molecule has 1 heterocycles. The zero-order valence-corrected chi connectivity index (χ0v) is 12.8. The fourth-order valence-electron chi connectivity index (χ4n) is 3.29. The van der Waals surface area contributed by atoms with Gasteiger partial charge >= 0.3 is 6.29 Å². The number of Topliss-reactive ketones (excluding diaryl/α,β-unsaturated/α-hetero) is 1. The van der Waals surface area contributed by atoms with Gasteiger partial charge in [0, 0.05) is 18.8 Å². The predicted octanol–water partition coefficient (Wildman–Crippen LogP) is 3.66. The number of alkyl halides is 2. The highest BCUT2D eigenvalue weighted by Gasteiger charge is 2.44. The van der Waals surface area contributed by atoms with E-state index in [1.54, 1.807) is 13.2 Å². The van der Waals surface area contributed by atoms with Crippen LogP contribution in [0.4, 0.5) is 8.78 Å². The molecule has 1 aliphatic heterocycles. The largest absolute Gasteiger partial charge is 0.586 e. The lowest BCUT2D eigenvalue weighted by Gasteiger charge is -2.25. The Hall–Kier alpha value is -2.63. The van der Waals surface area contributed by atoms with Crippen molar-refractivity contribution in [1.82, 2.24) is 0 Å². The van der Waals surface area contributed by atoms with Crippen molar-refractivity contribution >= 4 is 5.78 Å². The van der Waals surface area contributed by atoms with E-state index in [2.05, 4.69) is 9.47 Å². The molecule has 4 rings (SSSR count). The van der Waals surface area contributed by atoms with E-state index < -0.39 is 6.29 Å². The lowest BCUT2D eigenvalue weighted by atomic mass is 9.78. The molecule has 0 aromatic heterocycles. The number of fused-ring (bicyclic) bond motifs is 2. The number of methoxy groups -OCH3 is 1. The first-order valence-electron chi connectivity index (χ1n) is 7.53. The van der Waals surface area contributed by atoms with Crippen LogP contribution in [0.3, 0.4) is 0 Å². The lowest BCUT2D eigenvalue weighted by molar-refractivity contribution is -0.286. The number of benzene rings is 2. The van der Waals surface area contributed by atoms with Crippen LogP contribution in [0.25, 0.3) is 0 Å². The van der Waals surface area contributed by atoms with Crippen molar-refractivity contribution < 1.29 is 27.8 Å². The van der Waals surface area contributed by atoms with E-state index in [1.165, 1.54) is 6.07 Å². The molecular formula is C18H14F2O4. The summed E-state index contributed by atoms with van der Waals surface area (Å²) in [6.07, 6.45) is -3.12. The molecule has 6 heteroatoms. The standard InChI is InChI=1S/C18H14F2O4/c1-22-13-4-2-10(3-5-13)14-8-12(21)6-11-7-16-17(9-15(11)14)24-18(19,20)23-16/h2-5,7,9,14H,6,8H2,1H3. The van der Waals surface area contributed by atoms with Gasteiger partial charge in [0.25, 0.3) is 0 Å². The van der Waals surface area contributed by atoms with Crippen molar-refractivity contribution in [3.05, 3.63) is 53.1 Å². The summed E-state index contributed by atoms with van der Waals surface area (Å²) in [6, 6.07) is 10.4. The molecule has 1 atom stereocenters. The third-order valence-corrected chi connectivity index (χ3v) is 4.38. The summed E-state index contributed by atoms with van der Waals surface area (Å²) in [7, 11) is 1.58. The molecule has 0 fully saturated rings. The molecule has 0 saturated carbocycles. The third kappa shape index (κ3) is 2.48. The van der Waals surface area contributed by atoms with E-state index in [9.17, 15) is 13.6 Å². The minimum absolute atomic E-state index is 0.00612. The molecule has 2 aliphatic rings. The molecule has 4 nitrogen and oxygen atoms in total. The molecule has 0 N–H and O–H groups in total. The van der Waals surface area contributed by atoms with E-state index in [4.69, 9.17) is 4.74 Å². The van der Waals surface area contributed by atoms with Gasteiger partial charge in [0.15, 0.2) is 11.5 Å². The van der Waals surface area contributed by atoms with Gasteiger partial charge in [-0.3, -0.25) is 4.79 Å². The molecule has 1 aliphatic carbocycles. The fourth-order valence-corrected chi connectivity index (χ4v) is 3.29. The van der Waals surface area contributed by atoms with E-state index >= 15 is 0 Å². The van der Waals surface area contributed by atoms with Crippen LogP contribution in [-0.4, -0.2) is 19.2 Å². The maximum Gasteiger partial charge on any atom is 0.586 e. The highest BCUT2D eigenvalue weighted by Crippen LogP contribution is 2.46. The predicted molar refractivity (Wildman–Crippen MR) is 80.8 cm³/mol. The van der Waals surface area contributed by atoms with Crippen LogP contribution in [-0.2, 0) is 11.2 Å². The van der Waals surface area contributed by atoms with E-state index in [0.29, 0.717) is 17.7 Å². The van der Waals surface area contributed by atoms with Gasteiger partial charge in [-0.25, -0.2) is 0 Å². The van der Waals surface area contributed by atoms with Crippen LogP contribution in [0, 0.1) is 0 Å². The summed E-state index contributed by atoms with van der Waals surface area (Å²) >= 11 is 0. The Morgan fingerprint density at radius 1 is 1.12 bits per heavy atom. The number of hydrogen-bond acceptors (Lipinski definition) is 4. The van der Waals surface area contributed by atoms with Gasteiger partial charge in [0.05, 0.1) is 7.11 Å². The van der Waals surface area contributed by atoms with E-state index in [0.717, 1.165) is 11.1 Å². The SMILES string of the molecule is COc1ccc(C2CC(=O)Cc3cc4c(cc32)OC(F)(F)O4)cc1. The number of hydrogen-bond donors (Lipinski definition) is 0. The molecule has 0 saturated heterocycles. The van der Waals surface area contributed by atoms with Crippen LogP contribution >= 0.6 is 0 Å². The Kier molecular flexibility index (Phi) is 3.23. The highest BCUT2D eigenvalue weighted by molar-refractivity contribution is 5.85. The zero-order chi connectivity index (χ0) is 16.9. The molecule has 2 aromatic rings. The maximum absolute atomic E-state index is 13.3. The Morgan fingerprint density at radius 3 is 2.46 bits per heavy atom. The van der Waals surface area contributed by atoms with Gasteiger partial charge in [-0.1, -0.05) is 12.1 Å². The van der Waals surface area contributed by atoms with Crippen LogP contribution in [0.5, 0.6) is 17.2 Å². The number of ether oxygens (including phenoxy) is 3. The molecular weight excluding hydrogens is 318 g/mol. The summed E-state index contributed by atoms with van der Waals surface area (Å²) in [5, 5.41) is 0. The van der Waals surface area contributed by atoms with Crippen molar-refractivity contribution in [2.75, 3.05) is 7.11 Å². The van der Waals surface area contributed by atoms with Crippen molar-refractivity contribution in [2.45, 2.75) is 25.1 Å². The van der Waals surface area contributed by atoms with E-state index in [1.807, 2.05) is 24.3 Å². The van der Waals surface area contributed by atoms with Crippen LogP contribution in [0.2, 0.25) is 0 Å². The van der Waals surface area contributed by atoms with Crippen molar-refractivity contribution in [1.29, 1.82) is 0 Å². The fraction of sp³-hybridized carbons (Fsp3) is 0.278. The molecule has 0 amide bonds. The summed E-state index contributed by atoms with van der Waals surface area (Å²) in [5.74, 6) is 0.559. The monoisotopic (exact) mass is 332 g/mol. The Bertz CT molecular complexity index is 815. The summed E-state index contributed by atoms with van der Waals surface area (Å²) in [6.45, 7) is 0. The first-order valence-corrected chi connectivity index (χ1v) is 7.53. The van der Waals surface area contributed by atoms with Gasteiger partial charge < -0.3 is 14.2 Å². The Balaban J connectivity index is 1.77. The maximum atomic E-state index is 13.3. The summed E-state index contributed by atoms with van der Waals surface area (Å²) < 4.78 is 40.7. The van der Waals surface area contributed by atoms with Crippen molar-refractivity contribution in [3.63, 3.8) is 0 Å². The molecule has 24 heavy (non-hydrogen) atoms. The molecule has 0 bridgehead atoms. The lowest BCUT2D eigenvalue weighted by Crippen LogP contribution is -2.25. The second kappa shape index (κ2) is 5.19. The molecule has 1 unspecified atom stereocenters. The smallest absolute Gasteiger partial charge is 0.497 e. The quantitative estimate of drug-likeness (QED) is 0.842. The van der Waals surface area contributed by atoms with Gasteiger partial charge in [-0.2, -0.15) is 0 Å².